The van der Waals surface area contributed by atoms with E-state index in [1.165, 1.54) is 5.39 Å². The van der Waals surface area contributed by atoms with Gasteiger partial charge >= 0.3 is 0 Å². The first kappa shape index (κ1) is 31.5. The second-order valence-electron chi connectivity index (χ2n) is 14.5. The van der Waals surface area contributed by atoms with E-state index in [0.717, 1.165) is 88.1 Å². The maximum absolute atomic E-state index is 6.22. The Balaban J connectivity index is 1.13. The molecule has 0 fully saturated rings. The van der Waals surface area contributed by atoms with E-state index in [0.29, 0.717) is 17.6 Å². The van der Waals surface area contributed by atoms with Gasteiger partial charge in [-0.05, 0) is 65.7 Å². The molecule has 0 unspecified atom stereocenters. The summed E-state index contributed by atoms with van der Waals surface area (Å²) < 4.78 is 10.8. The molecule has 57 heavy (non-hydrogen) atoms. The van der Waals surface area contributed by atoms with Gasteiger partial charge in [-0.1, -0.05) is 133 Å². The third-order valence-corrected chi connectivity index (χ3v) is 11.2. The number of hydrogen-bond acceptors (Lipinski definition) is 4. The minimum atomic E-state index is 0.565. The van der Waals surface area contributed by atoms with E-state index in [4.69, 9.17) is 19.4 Å². The molecule has 0 aliphatic rings. The molecule has 4 aromatic heterocycles. The molecule has 12 aromatic rings. The highest BCUT2D eigenvalue weighted by molar-refractivity contribution is 6.19. The van der Waals surface area contributed by atoms with Crippen LogP contribution in [0, 0.1) is 0 Å². The Morgan fingerprint density at radius 3 is 1.60 bits per heavy atom. The summed E-state index contributed by atoms with van der Waals surface area (Å²) in [6, 6.07) is 65.6. The lowest BCUT2D eigenvalue weighted by Gasteiger charge is -2.12. The van der Waals surface area contributed by atoms with Crippen molar-refractivity contribution < 1.29 is 4.42 Å². The quantitative estimate of drug-likeness (QED) is 0.177. The molecule has 12 rings (SSSR count). The average Bonchev–Trinajstić information content (AvgIpc) is 3.93. The number of furan rings is 1. The Morgan fingerprint density at radius 1 is 0.316 bits per heavy atom. The Kier molecular flexibility index (Phi) is 6.83. The first-order chi connectivity index (χ1) is 28.2. The van der Waals surface area contributed by atoms with Crippen LogP contribution < -0.4 is 0 Å². The van der Waals surface area contributed by atoms with Gasteiger partial charge in [-0.25, -0.2) is 4.98 Å². The number of aromatic nitrogens is 5. The molecule has 0 atom stereocenters. The van der Waals surface area contributed by atoms with Crippen molar-refractivity contribution in [2.75, 3.05) is 0 Å². The summed E-state index contributed by atoms with van der Waals surface area (Å²) in [6.45, 7) is 0. The maximum atomic E-state index is 6.22. The fourth-order valence-corrected chi connectivity index (χ4v) is 8.56. The van der Waals surface area contributed by atoms with Gasteiger partial charge in [0.15, 0.2) is 11.6 Å². The van der Waals surface area contributed by atoms with Gasteiger partial charge in [0.2, 0.25) is 5.95 Å². The number of benzene rings is 8. The van der Waals surface area contributed by atoms with E-state index in [2.05, 4.69) is 161 Å². The van der Waals surface area contributed by atoms with Gasteiger partial charge < -0.3 is 8.98 Å². The third-order valence-electron chi connectivity index (χ3n) is 11.2. The van der Waals surface area contributed by atoms with E-state index in [-0.39, 0.29) is 0 Å². The fraction of sp³-hybridized carbons (Fsp3) is 0. The largest absolute Gasteiger partial charge is 0.456 e. The van der Waals surface area contributed by atoms with Crippen LogP contribution in [0.2, 0.25) is 0 Å². The van der Waals surface area contributed by atoms with E-state index < -0.39 is 0 Å². The van der Waals surface area contributed by atoms with Crippen molar-refractivity contribution in [2.24, 2.45) is 0 Å². The van der Waals surface area contributed by atoms with E-state index in [1.54, 1.807) is 0 Å². The predicted molar refractivity (Wildman–Crippen MR) is 232 cm³/mol. The molecule has 0 radical (unpaired) electrons. The topological polar surface area (TPSA) is 61.7 Å². The minimum absolute atomic E-state index is 0.565. The Morgan fingerprint density at radius 2 is 0.860 bits per heavy atom. The zero-order chi connectivity index (χ0) is 37.5. The predicted octanol–water partition coefficient (Wildman–Crippen LogP) is 13.0. The van der Waals surface area contributed by atoms with Crippen molar-refractivity contribution in [2.45, 2.75) is 0 Å². The molecule has 0 saturated carbocycles. The van der Waals surface area contributed by atoms with Crippen LogP contribution in [0.3, 0.4) is 0 Å². The highest BCUT2D eigenvalue weighted by atomic mass is 16.3. The van der Waals surface area contributed by atoms with Crippen LogP contribution in [0.15, 0.2) is 192 Å². The van der Waals surface area contributed by atoms with Gasteiger partial charge in [-0.3, -0.25) is 4.57 Å². The van der Waals surface area contributed by atoms with Crippen molar-refractivity contribution in [3.05, 3.63) is 188 Å². The van der Waals surface area contributed by atoms with Crippen molar-refractivity contribution in [1.29, 1.82) is 0 Å². The summed E-state index contributed by atoms with van der Waals surface area (Å²) in [6.07, 6.45) is 0. The normalized spacial score (nSPS) is 11.9. The number of fused-ring (bicyclic) bond motifs is 9. The van der Waals surface area contributed by atoms with Gasteiger partial charge in [0.1, 0.15) is 11.2 Å². The molecule has 4 heterocycles. The van der Waals surface area contributed by atoms with E-state index >= 15 is 0 Å². The average molecular weight is 730 g/mol. The zero-order valence-corrected chi connectivity index (χ0v) is 30.5. The van der Waals surface area contributed by atoms with Gasteiger partial charge in [0.25, 0.3) is 0 Å². The molecule has 0 bridgehead atoms. The van der Waals surface area contributed by atoms with E-state index in [9.17, 15) is 0 Å². The van der Waals surface area contributed by atoms with Crippen molar-refractivity contribution >= 4 is 65.6 Å². The van der Waals surface area contributed by atoms with Crippen molar-refractivity contribution in [1.82, 2.24) is 24.1 Å². The summed E-state index contributed by atoms with van der Waals surface area (Å²) in [5.74, 6) is 1.80. The fourth-order valence-electron chi connectivity index (χ4n) is 8.56. The van der Waals surface area contributed by atoms with Crippen LogP contribution in [-0.4, -0.2) is 24.1 Å². The second kappa shape index (κ2) is 12.3. The van der Waals surface area contributed by atoms with Crippen molar-refractivity contribution in [3.63, 3.8) is 0 Å². The van der Waals surface area contributed by atoms with Crippen LogP contribution >= 0.6 is 0 Å². The van der Waals surface area contributed by atoms with E-state index in [1.807, 2.05) is 36.4 Å². The van der Waals surface area contributed by atoms with Gasteiger partial charge in [0.05, 0.1) is 22.1 Å². The van der Waals surface area contributed by atoms with Crippen LogP contribution in [0.4, 0.5) is 0 Å². The first-order valence-corrected chi connectivity index (χ1v) is 19.1. The number of para-hydroxylation sites is 3. The lowest BCUT2D eigenvalue weighted by atomic mass is 10.0. The Bertz CT molecular complexity index is 3520. The Hall–Kier alpha value is -7.83. The standard InChI is InChI=1S/C51H31N5O/c1-3-14-32(15-4-1)34-18-13-19-35(28-34)50-52-49(33-16-5-2-6-17-33)53-51(54-50)56-44-24-11-8-21-38(44)41-30-45-40(31-46(41)56)37-20-7-10-23-43(37)55(45)36-26-27-48-42(29-36)39-22-9-12-25-47(39)57-48/h1-31H. The van der Waals surface area contributed by atoms with Crippen molar-refractivity contribution in [3.8, 4) is 45.5 Å². The van der Waals surface area contributed by atoms with Crippen LogP contribution in [-0.2, 0) is 0 Å². The molecular formula is C51H31N5O. The highest BCUT2D eigenvalue weighted by Gasteiger charge is 2.21. The zero-order valence-electron chi connectivity index (χ0n) is 30.5. The SMILES string of the molecule is c1ccc(-c2cccc(-c3nc(-c4ccccc4)nc(-n4c5ccccc5c5cc6c(cc54)c4ccccc4n6-c4ccc5oc6ccccc6c5c4)n3)c2)cc1. The third kappa shape index (κ3) is 4.94. The summed E-state index contributed by atoms with van der Waals surface area (Å²) >= 11 is 0. The molecule has 6 nitrogen and oxygen atoms in total. The smallest absolute Gasteiger partial charge is 0.238 e. The molecule has 0 aliphatic carbocycles. The molecule has 6 heteroatoms. The van der Waals surface area contributed by atoms with Crippen LogP contribution in [0.1, 0.15) is 0 Å². The monoisotopic (exact) mass is 729 g/mol. The van der Waals surface area contributed by atoms with Crippen LogP contribution in [0.5, 0.6) is 0 Å². The lowest BCUT2D eigenvalue weighted by molar-refractivity contribution is 0.669. The van der Waals surface area contributed by atoms with Gasteiger partial charge in [-0.2, -0.15) is 9.97 Å². The van der Waals surface area contributed by atoms with Gasteiger partial charge in [-0.15, -0.1) is 0 Å². The summed E-state index contributed by atoms with van der Waals surface area (Å²) in [7, 11) is 0. The molecule has 0 saturated heterocycles. The van der Waals surface area contributed by atoms with Crippen LogP contribution in [0.25, 0.3) is 111 Å². The maximum Gasteiger partial charge on any atom is 0.238 e. The number of rotatable bonds is 5. The second-order valence-corrected chi connectivity index (χ2v) is 14.5. The number of nitrogens with zero attached hydrogens (tertiary/aromatic N) is 5. The molecule has 0 amide bonds. The molecule has 266 valence electrons. The Labute approximate surface area is 326 Å². The molecule has 0 spiro atoms. The lowest BCUT2D eigenvalue weighted by Crippen LogP contribution is -2.06. The van der Waals surface area contributed by atoms with Gasteiger partial charge in [0, 0.05) is 49.1 Å². The number of hydrogen-bond donors (Lipinski definition) is 0. The summed E-state index contributed by atoms with van der Waals surface area (Å²) in [4.78, 5) is 15.6. The molecule has 0 N–H and O–H groups in total. The minimum Gasteiger partial charge on any atom is -0.456 e. The summed E-state index contributed by atoms with van der Waals surface area (Å²) in [5, 5.41) is 6.76. The highest BCUT2D eigenvalue weighted by Crippen LogP contribution is 2.41. The molecule has 8 aromatic carbocycles. The first-order valence-electron chi connectivity index (χ1n) is 19.1. The molecular weight excluding hydrogens is 699 g/mol. The summed E-state index contributed by atoms with van der Waals surface area (Å²) in [5.41, 5.74) is 11.2. The molecule has 0 aliphatic heterocycles.